The van der Waals surface area contributed by atoms with Gasteiger partial charge in [0, 0.05) is 18.7 Å². The average molecular weight is 316 g/mol. The molecule has 2 amide bonds. The van der Waals surface area contributed by atoms with Gasteiger partial charge in [0.15, 0.2) is 0 Å². The number of carbonyl (C=O) groups is 2. The highest BCUT2D eigenvalue weighted by Gasteiger charge is 2.21. The maximum Gasteiger partial charge on any atom is 0.253 e. The van der Waals surface area contributed by atoms with Crippen molar-refractivity contribution in [2.45, 2.75) is 32.2 Å². The first-order valence-corrected chi connectivity index (χ1v) is 7.78. The summed E-state index contributed by atoms with van der Waals surface area (Å²) >= 11 is 0. The number of hydrogen-bond donors (Lipinski definition) is 0. The van der Waals surface area contributed by atoms with Gasteiger partial charge in [0.1, 0.15) is 5.82 Å². The molecule has 6 heteroatoms. The summed E-state index contributed by atoms with van der Waals surface area (Å²) in [6.45, 7) is 1.60. The first-order valence-electron chi connectivity index (χ1n) is 7.78. The fourth-order valence-corrected chi connectivity index (χ4v) is 2.25. The van der Waals surface area contributed by atoms with E-state index < -0.39 is 0 Å². The topological polar surface area (TPSA) is 62.1 Å². The van der Waals surface area contributed by atoms with Gasteiger partial charge in [0.25, 0.3) is 11.8 Å². The summed E-state index contributed by atoms with van der Waals surface area (Å²) in [5.41, 5.74) is 0.934. The zero-order valence-corrected chi connectivity index (χ0v) is 12.9. The molecule has 0 aliphatic carbocycles. The molecule has 2 rings (SSSR count). The summed E-state index contributed by atoms with van der Waals surface area (Å²) in [7, 11) is 0. The predicted octanol–water partition coefficient (Wildman–Crippen LogP) is 3.26. The molecule has 0 atom stereocenters. The maximum atomic E-state index is 12.7. The van der Waals surface area contributed by atoms with E-state index in [1.54, 1.807) is 12.1 Å². The molecule has 0 radical (unpaired) electrons. The number of benzene rings is 1. The Hall–Kier alpha value is -2.37. The van der Waals surface area contributed by atoms with Crippen LogP contribution in [0.15, 0.2) is 46.6 Å². The Balaban J connectivity index is 1.49. The summed E-state index contributed by atoms with van der Waals surface area (Å²) < 4.78 is 12.7. The first-order chi connectivity index (χ1) is 11.2. The van der Waals surface area contributed by atoms with Crippen LogP contribution in [0.25, 0.3) is 0 Å². The van der Waals surface area contributed by atoms with Crippen LogP contribution in [0.3, 0.4) is 0 Å². The Bertz CT molecular complexity index is 578. The van der Waals surface area contributed by atoms with Crippen molar-refractivity contribution < 1.29 is 14.0 Å². The van der Waals surface area contributed by atoms with Gasteiger partial charge in [-0.2, -0.15) is 10.2 Å². The summed E-state index contributed by atoms with van der Waals surface area (Å²) in [6, 6.07) is 6.22. The summed E-state index contributed by atoms with van der Waals surface area (Å²) in [5, 5.41) is 8.16. The molecule has 0 unspecified atom stereocenters. The Morgan fingerprint density at radius 1 is 0.870 bits per heavy atom. The van der Waals surface area contributed by atoms with Crippen molar-refractivity contribution in [3.8, 4) is 0 Å². The van der Waals surface area contributed by atoms with E-state index >= 15 is 0 Å². The standard InChI is InChI=1S/C17H20FN3O2/c18-15-7-5-14(6-8-15)13-20-19-11-3-1-2-4-12-21-16(22)9-10-17(21)23/h5-10H,1-4,11-13H2/i18-1. The zero-order valence-electron chi connectivity index (χ0n) is 12.9. The minimum atomic E-state index is -0.251. The second-order valence-corrected chi connectivity index (χ2v) is 5.37. The van der Waals surface area contributed by atoms with E-state index in [1.807, 2.05) is 0 Å². The van der Waals surface area contributed by atoms with Gasteiger partial charge in [-0.25, -0.2) is 4.39 Å². The molecule has 1 aliphatic heterocycles. The van der Waals surface area contributed by atoms with Crippen LogP contribution in [0.1, 0.15) is 31.2 Å². The van der Waals surface area contributed by atoms with Crippen molar-refractivity contribution in [2.24, 2.45) is 10.2 Å². The molecule has 0 N–H and O–H groups in total. The van der Waals surface area contributed by atoms with Crippen LogP contribution in [0.4, 0.5) is 4.39 Å². The first kappa shape index (κ1) is 17.0. The summed E-state index contributed by atoms with van der Waals surface area (Å²) in [4.78, 5) is 23.9. The van der Waals surface area contributed by atoms with Gasteiger partial charge in [-0.1, -0.05) is 25.0 Å². The lowest BCUT2D eigenvalue weighted by atomic mass is 10.2. The van der Waals surface area contributed by atoms with Gasteiger partial charge in [0.2, 0.25) is 0 Å². The fraction of sp³-hybridized carbons (Fsp3) is 0.412. The highest BCUT2D eigenvalue weighted by molar-refractivity contribution is 6.12. The number of unbranched alkanes of at least 4 members (excludes halogenated alkanes) is 3. The average Bonchev–Trinajstić information content (AvgIpc) is 2.86. The lowest BCUT2D eigenvalue weighted by molar-refractivity contribution is -0.136. The molecule has 5 nitrogen and oxygen atoms in total. The SMILES string of the molecule is O=C1C=CC(=O)N1CCCCCCN=NCc1ccc([18F])cc1. The Kier molecular flexibility index (Phi) is 6.59. The van der Waals surface area contributed by atoms with Crippen molar-refractivity contribution in [3.63, 3.8) is 0 Å². The molecule has 122 valence electrons. The molecular weight excluding hydrogens is 296 g/mol. The van der Waals surface area contributed by atoms with Crippen molar-refractivity contribution in [3.05, 3.63) is 47.8 Å². The van der Waals surface area contributed by atoms with Crippen molar-refractivity contribution in [1.82, 2.24) is 4.90 Å². The number of nitrogens with zero attached hydrogens (tertiary/aromatic N) is 3. The Morgan fingerprint density at radius 3 is 2.22 bits per heavy atom. The Labute approximate surface area is 134 Å². The number of rotatable bonds is 9. The van der Waals surface area contributed by atoms with E-state index in [-0.39, 0.29) is 17.6 Å². The van der Waals surface area contributed by atoms with E-state index in [4.69, 9.17) is 0 Å². The number of carbonyl (C=O) groups excluding carboxylic acids is 2. The van der Waals surface area contributed by atoms with Crippen LogP contribution >= 0.6 is 0 Å². The number of imide groups is 1. The van der Waals surface area contributed by atoms with E-state index in [9.17, 15) is 14.0 Å². The molecule has 23 heavy (non-hydrogen) atoms. The van der Waals surface area contributed by atoms with Crippen molar-refractivity contribution in [1.29, 1.82) is 0 Å². The van der Waals surface area contributed by atoms with Crippen molar-refractivity contribution >= 4 is 11.8 Å². The molecule has 1 aliphatic rings. The highest BCUT2D eigenvalue weighted by Crippen LogP contribution is 2.08. The van der Waals surface area contributed by atoms with Crippen LogP contribution in [0, 0.1) is 5.82 Å². The van der Waals surface area contributed by atoms with Crippen LogP contribution in [0.5, 0.6) is 0 Å². The monoisotopic (exact) mass is 316 g/mol. The number of azo groups is 1. The van der Waals surface area contributed by atoms with Gasteiger partial charge >= 0.3 is 0 Å². The molecule has 0 saturated carbocycles. The van der Waals surface area contributed by atoms with Gasteiger partial charge in [0.05, 0.1) is 13.1 Å². The third kappa shape index (κ3) is 5.73. The lowest BCUT2D eigenvalue weighted by Crippen LogP contribution is -2.30. The molecule has 0 saturated heterocycles. The molecule has 0 aromatic heterocycles. The van der Waals surface area contributed by atoms with Gasteiger partial charge < -0.3 is 0 Å². The molecule has 0 bridgehead atoms. The second kappa shape index (κ2) is 8.92. The highest BCUT2D eigenvalue weighted by atomic mass is 18.2. The molecule has 0 spiro atoms. The van der Waals surface area contributed by atoms with Gasteiger partial charge in [-0.3, -0.25) is 14.5 Å². The van der Waals surface area contributed by atoms with E-state index in [0.29, 0.717) is 19.6 Å². The smallest absolute Gasteiger partial charge is 0.253 e. The third-order valence-electron chi connectivity index (χ3n) is 3.56. The second-order valence-electron chi connectivity index (χ2n) is 5.37. The Morgan fingerprint density at radius 2 is 1.52 bits per heavy atom. The molecule has 0 fully saturated rings. The minimum absolute atomic E-state index is 0.218. The van der Waals surface area contributed by atoms with Gasteiger partial charge in [-0.05, 0) is 30.5 Å². The molecule has 1 aromatic carbocycles. The summed E-state index contributed by atoms with van der Waals surface area (Å²) in [5.74, 6) is -0.687. The number of halogens is 1. The normalized spacial score (nSPS) is 14.4. The van der Waals surface area contributed by atoms with Crippen LogP contribution in [-0.4, -0.2) is 29.8 Å². The minimum Gasteiger partial charge on any atom is -0.275 e. The van der Waals surface area contributed by atoms with E-state index in [1.165, 1.54) is 29.2 Å². The maximum absolute atomic E-state index is 12.7. The van der Waals surface area contributed by atoms with E-state index in [2.05, 4.69) is 10.2 Å². The van der Waals surface area contributed by atoms with Crippen LogP contribution in [-0.2, 0) is 16.1 Å². The zero-order chi connectivity index (χ0) is 16.5. The van der Waals surface area contributed by atoms with Gasteiger partial charge in [-0.15, -0.1) is 0 Å². The largest absolute Gasteiger partial charge is 0.275 e. The quantitative estimate of drug-likeness (QED) is 0.399. The predicted molar refractivity (Wildman–Crippen MR) is 84.2 cm³/mol. The molecule has 1 aromatic rings. The number of hydrogen-bond acceptors (Lipinski definition) is 4. The molecule has 1 heterocycles. The van der Waals surface area contributed by atoms with Crippen molar-refractivity contribution in [2.75, 3.05) is 13.1 Å². The third-order valence-corrected chi connectivity index (χ3v) is 3.56. The lowest BCUT2D eigenvalue weighted by Gasteiger charge is -2.12. The van der Waals surface area contributed by atoms with Crippen LogP contribution < -0.4 is 0 Å². The summed E-state index contributed by atoms with van der Waals surface area (Å²) in [6.07, 6.45) is 6.29. The van der Waals surface area contributed by atoms with Crippen LogP contribution in [0.2, 0.25) is 0 Å². The van der Waals surface area contributed by atoms with E-state index in [0.717, 1.165) is 31.2 Å². The molecular formula is C17H20FN3O2. The fourth-order valence-electron chi connectivity index (χ4n) is 2.25. The number of amides is 2.